The van der Waals surface area contributed by atoms with Crippen LogP contribution in [0.15, 0.2) is 18.5 Å². The zero-order valence-electron chi connectivity index (χ0n) is 16.3. The Morgan fingerprint density at radius 3 is 2.72 bits per heavy atom. The quantitative estimate of drug-likeness (QED) is 0.821. The van der Waals surface area contributed by atoms with E-state index >= 15 is 0 Å². The summed E-state index contributed by atoms with van der Waals surface area (Å²) in [6.07, 6.45) is 0.856. The number of hydrogen-bond acceptors (Lipinski definition) is 5. The van der Waals surface area contributed by atoms with E-state index in [-0.39, 0.29) is 30.1 Å². The lowest BCUT2D eigenvalue weighted by atomic mass is 9.99. The first-order valence-corrected chi connectivity index (χ1v) is 9.76. The summed E-state index contributed by atoms with van der Waals surface area (Å²) in [7, 11) is 0. The molecule has 4 rings (SSSR count). The number of piperidine rings is 1. The number of aromatic nitrogens is 4. The number of nitrogens with zero attached hydrogens (tertiary/aromatic N) is 5. The van der Waals surface area contributed by atoms with Crippen LogP contribution in [-0.2, 0) is 0 Å². The summed E-state index contributed by atoms with van der Waals surface area (Å²) in [4.78, 5) is 22.9. The molecule has 0 unspecified atom stereocenters. The van der Waals surface area contributed by atoms with Gasteiger partial charge >= 0.3 is 6.18 Å². The van der Waals surface area contributed by atoms with Gasteiger partial charge in [-0.1, -0.05) is 0 Å². The lowest BCUT2D eigenvalue weighted by Crippen LogP contribution is -2.39. The minimum absolute atomic E-state index is 0.0795. The van der Waals surface area contributed by atoms with Gasteiger partial charge in [0.15, 0.2) is 6.04 Å². The second-order valence-corrected chi connectivity index (χ2v) is 7.79. The average molecular weight is 408 g/mol. The van der Waals surface area contributed by atoms with Crippen LogP contribution in [0.1, 0.15) is 66.6 Å². The summed E-state index contributed by atoms with van der Waals surface area (Å²) in [5.74, 6) is 0.0658. The van der Waals surface area contributed by atoms with E-state index in [0.29, 0.717) is 30.2 Å². The molecule has 1 saturated heterocycles. The topological polar surface area (TPSA) is 75.9 Å². The highest BCUT2D eigenvalue weighted by atomic mass is 19.4. The Morgan fingerprint density at radius 1 is 1.24 bits per heavy atom. The molecular formula is C19H23F3N6O. The molecule has 0 bridgehead atoms. The van der Waals surface area contributed by atoms with Crippen LogP contribution in [0.4, 0.5) is 19.0 Å². The average Bonchev–Trinajstić information content (AvgIpc) is 3.10. The maximum atomic E-state index is 13.5. The Morgan fingerprint density at radius 2 is 2.03 bits per heavy atom. The maximum absolute atomic E-state index is 13.5. The maximum Gasteiger partial charge on any atom is 0.410 e. The molecule has 7 nitrogen and oxygen atoms in total. The Labute approximate surface area is 166 Å². The van der Waals surface area contributed by atoms with Gasteiger partial charge in [0.2, 0.25) is 0 Å². The summed E-state index contributed by atoms with van der Waals surface area (Å²) >= 11 is 0. The molecule has 2 aromatic heterocycles. The number of carbonyl (C=O) groups excluding carboxylic acids is 1. The number of amides is 1. The molecule has 2 aliphatic heterocycles. The van der Waals surface area contributed by atoms with E-state index in [1.807, 2.05) is 0 Å². The van der Waals surface area contributed by atoms with Gasteiger partial charge in [-0.15, -0.1) is 0 Å². The molecule has 0 aliphatic carbocycles. The van der Waals surface area contributed by atoms with Crippen molar-refractivity contribution in [2.24, 2.45) is 0 Å². The lowest BCUT2D eigenvalue weighted by molar-refractivity contribution is -0.173. The lowest BCUT2D eigenvalue weighted by Gasteiger charge is -2.34. The van der Waals surface area contributed by atoms with Crippen molar-refractivity contribution in [1.29, 1.82) is 0 Å². The Bertz CT molecular complexity index is 894. The van der Waals surface area contributed by atoms with Crippen LogP contribution in [0.25, 0.3) is 0 Å². The van der Waals surface area contributed by atoms with Crippen molar-refractivity contribution in [3.8, 4) is 0 Å². The fraction of sp³-hybridized carbons (Fsp3) is 0.579. The second kappa shape index (κ2) is 7.31. The normalized spacial score (nSPS) is 24.7. The van der Waals surface area contributed by atoms with Gasteiger partial charge < -0.3 is 10.2 Å². The molecule has 1 N–H and O–H groups in total. The number of rotatable bonds is 2. The number of hydrogen-bond donors (Lipinski definition) is 1. The number of halogens is 3. The molecule has 156 valence electrons. The molecular weight excluding hydrogens is 385 g/mol. The van der Waals surface area contributed by atoms with Crippen molar-refractivity contribution in [3.63, 3.8) is 0 Å². The van der Waals surface area contributed by atoms with Gasteiger partial charge in [0, 0.05) is 24.8 Å². The fourth-order valence-electron chi connectivity index (χ4n) is 4.07. The molecule has 1 amide bonds. The highest BCUT2D eigenvalue weighted by molar-refractivity contribution is 5.92. The van der Waals surface area contributed by atoms with Gasteiger partial charge in [-0.05, 0) is 39.5 Å². The first-order valence-electron chi connectivity index (χ1n) is 9.76. The van der Waals surface area contributed by atoms with Crippen molar-refractivity contribution < 1.29 is 18.0 Å². The van der Waals surface area contributed by atoms with Gasteiger partial charge in [-0.2, -0.15) is 18.3 Å². The van der Waals surface area contributed by atoms with Crippen LogP contribution < -0.4 is 5.32 Å². The third-order valence-electron chi connectivity index (χ3n) is 5.50. The molecule has 4 heterocycles. The summed E-state index contributed by atoms with van der Waals surface area (Å²) in [5, 5.41) is 7.38. The van der Waals surface area contributed by atoms with Crippen LogP contribution in [0.2, 0.25) is 0 Å². The predicted molar refractivity (Wildman–Crippen MR) is 99.4 cm³/mol. The van der Waals surface area contributed by atoms with Crippen molar-refractivity contribution in [2.45, 2.75) is 63.8 Å². The van der Waals surface area contributed by atoms with E-state index in [0.717, 1.165) is 17.5 Å². The van der Waals surface area contributed by atoms with Crippen LogP contribution in [0.5, 0.6) is 0 Å². The summed E-state index contributed by atoms with van der Waals surface area (Å²) < 4.78 is 41.6. The molecule has 10 heteroatoms. The molecule has 29 heavy (non-hydrogen) atoms. The number of anilines is 1. The van der Waals surface area contributed by atoms with Crippen LogP contribution in [0, 0.1) is 6.92 Å². The fourth-order valence-corrected chi connectivity index (χ4v) is 4.07. The van der Waals surface area contributed by atoms with Gasteiger partial charge in [-0.25, -0.2) is 9.67 Å². The summed E-state index contributed by atoms with van der Waals surface area (Å²) in [6, 6.07) is -0.724. The Kier molecular flexibility index (Phi) is 4.95. The van der Waals surface area contributed by atoms with Gasteiger partial charge in [-0.3, -0.25) is 9.78 Å². The SMILES string of the molecule is Cc1cnc(C(=O)N2CCCC[C@H]2c2cc3n(n2)[C@@H](C(F)(F)F)C[C@@H](C)N3)cn1. The number of likely N-dealkylation sites (tertiary alicyclic amines) is 1. The first kappa shape index (κ1) is 19.7. The van der Waals surface area contributed by atoms with Crippen molar-refractivity contribution in [2.75, 3.05) is 11.9 Å². The summed E-state index contributed by atoms with van der Waals surface area (Å²) in [5.41, 5.74) is 1.41. The Hall–Kier alpha value is -2.65. The number of nitrogens with one attached hydrogen (secondary N) is 1. The predicted octanol–water partition coefficient (Wildman–Crippen LogP) is 3.66. The van der Waals surface area contributed by atoms with E-state index in [9.17, 15) is 18.0 Å². The molecule has 0 radical (unpaired) electrons. The molecule has 1 fully saturated rings. The largest absolute Gasteiger partial charge is 0.410 e. The third kappa shape index (κ3) is 3.79. The number of alkyl halides is 3. The Balaban J connectivity index is 1.66. The van der Waals surface area contributed by atoms with E-state index in [2.05, 4.69) is 20.4 Å². The third-order valence-corrected chi connectivity index (χ3v) is 5.50. The standard InChI is InChI=1S/C19H23F3N6O/c1-11-7-16(19(20,21)22)28-17(25-11)8-13(26-28)15-5-3-4-6-27(15)18(29)14-10-23-12(2)9-24-14/h8-11,15-16,25H,3-7H2,1-2H3/t11-,15+,16-/m1/s1. The monoisotopic (exact) mass is 408 g/mol. The molecule has 0 spiro atoms. The van der Waals surface area contributed by atoms with Crippen molar-refractivity contribution in [3.05, 3.63) is 35.5 Å². The second-order valence-electron chi connectivity index (χ2n) is 7.79. The highest BCUT2D eigenvalue weighted by Crippen LogP contribution is 2.41. The van der Waals surface area contributed by atoms with Crippen molar-refractivity contribution >= 4 is 11.7 Å². The zero-order chi connectivity index (χ0) is 20.8. The van der Waals surface area contributed by atoms with Crippen molar-refractivity contribution in [1.82, 2.24) is 24.6 Å². The van der Waals surface area contributed by atoms with E-state index in [1.54, 1.807) is 24.8 Å². The van der Waals surface area contributed by atoms with Gasteiger partial charge in [0.25, 0.3) is 5.91 Å². The van der Waals surface area contributed by atoms with Gasteiger partial charge in [0.1, 0.15) is 11.5 Å². The summed E-state index contributed by atoms with van der Waals surface area (Å²) in [6.45, 7) is 4.01. The zero-order valence-corrected chi connectivity index (χ0v) is 16.3. The van der Waals surface area contributed by atoms with E-state index < -0.39 is 12.2 Å². The number of fused-ring (bicyclic) bond motifs is 1. The van der Waals surface area contributed by atoms with Gasteiger partial charge in [0.05, 0.1) is 23.6 Å². The smallest absolute Gasteiger partial charge is 0.368 e. The van der Waals surface area contributed by atoms with E-state index in [4.69, 9.17) is 0 Å². The highest BCUT2D eigenvalue weighted by Gasteiger charge is 2.46. The molecule has 2 aromatic rings. The molecule has 2 aliphatic rings. The minimum atomic E-state index is -4.38. The number of carbonyl (C=O) groups is 1. The van der Waals surface area contributed by atoms with Crippen LogP contribution in [-0.4, -0.2) is 49.3 Å². The first-order chi connectivity index (χ1) is 13.7. The van der Waals surface area contributed by atoms with E-state index in [1.165, 1.54) is 12.4 Å². The van der Waals surface area contributed by atoms with Crippen LogP contribution >= 0.6 is 0 Å². The minimum Gasteiger partial charge on any atom is -0.368 e. The molecule has 0 saturated carbocycles. The van der Waals surface area contributed by atoms with Crippen LogP contribution in [0.3, 0.4) is 0 Å². The number of aryl methyl sites for hydroxylation is 1. The molecule has 3 atom stereocenters. The molecule has 0 aromatic carbocycles.